The van der Waals surface area contributed by atoms with Crippen molar-refractivity contribution in [3.05, 3.63) is 82.8 Å². The van der Waals surface area contributed by atoms with E-state index in [9.17, 15) is 14.1 Å². The standard InChI is InChI=1S/C25H25ClN8O4S/c1-33-24(39(2)38)13-20(30-33)12-21(14-27-19-7-3-16(4-8-19)25(36)37)29-23(35)10-5-17-11-18(26)6-9-22(17)34-15-28-31-32-34/h3-11,13,15,21,27H,12,14H2,1-2H3,(H,29,35)(H,36,37)/b10-5+. The molecule has 0 saturated heterocycles. The fourth-order valence-corrected chi connectivity index (χ4v) is 4.72. The van der Waals surface area contributed by atoms with E-state index < -0.39 is 23.2 Å². The molecule has 0 aliphatic carbocycles. The number of benzene rings is 2. The van der Waals surface area contributed by atoms with E-state index in [-0.39, 0.29) is 11.5 Å². The van der Waals surface area contributed by atoms with Crippen LogP contribution in [-0.2, 0) is 29.4 Å². The molecule has 1 amide bonds. The molecule has 0 bridgehead atoms. The number of anilines is 1. The van der Waals surface area contributed by atoms with Crippen molar-refractivity contribution in [1.82, 2.24) is 35.3 Å². The van der Waals surface area contributed by atoms with Crippen LogP contribution in [0, 0.1) is 0 Å². The van der Waals surface area contributed by atoms with E-state index in [1.165, 1.54) is 29.2 Å². The molecule has 39 heavy (non-hydrogen) atoms. The zero-order chi connectivity index (χ0) is 27.9. The summed E-state index contributed by atoms with van der Waals surface area (Å²) in [5, 5.41) is 32.0. The lowest BCUT2D eigenvalue weighted by Crippen LogP contribution is -2.40. The van der Waals surface area contributed by atoms with Gasteiger partial charge in [-0.25, -0.2) is 9.48 Å². The molecule has 4 rings (SSSR count). The first-order chi connectivity index (χ1) is 18.7. The Labute approximate surface area is 231 Å². The molecule has 2 atom stereocenters. The van der Waals surface area contributed by atoms with Gasteiger partial charge in [0.05, 0.1) is 23.0 Å². The first kappa shape index (κ1) is 27.8. The SMILES string of the molecule is Cn1nc(CC(CNc2ccc(C(=O)O)cc2)NC(=O)/C=C/c2cc(Cl)ccc2-n2cnnn2)cc1[S+](C)[O-]. The van der Waals surface area contributed by atoms with Crippen LogP contribution in [-0.4, -0.2) is 70.4 Å². The average Bonchev–Trinajstić information content (AvgIpc) is 3.56. The van der Waals surface area contributed by atoms with Gasteiger partial charge in [-0.05, 0) is 59.0 Å². The van der Waals surface area contributed by atoms with E-state index in [1.807, 2.05) is 0 Å². The largest absolute Gasteiger partial charge is 0.610 e. The lowest BCUT2D eigenvalue weighted by atomic mass is 10.1. The highest BCUT2D eigenvalue weighted by atomic mass is 35.5. The van der Waals surface area contributed by atoms with Crippen LogP contribution >= 0.6 is 11.6 Å². The lowest BCUT2D eigenvalue weighted by Gasteiger charge is -2.18. The second-order valence-electron chi connectivity index (χ2n) is 8.52. The number of carbonyl (C=O) groups excluding carboxylic acids is 1. The van der Waals surface area contributed by atoms with Gasteiger partial charge in [-0.1, -0.05) is 11.6 Å². The van der Waals surface area contributed by atoms with Crippen molar-refractivity contribution in [1.29, 1.82) is 0 Å². The van der Waals surface area contributed by atoms with Gasteiger partial charge in [0, 0.05) is 59.6 Å². The molecule has 2 aromatic heterocycles. The molecule has 2 aromatic carbocycles. The van der Waals surface area contributed by atoms with Gasteiger partial charge in [0.2, 0.25) is 10.9 Å². The van der Waals surface area contributed by atoms with Crippen LogP contribution in [0.25, 0.3) is 11.8 Å². The molecule has 2 unspecified atom stereocenters. The Morgan fingerprint density at radius 1 is 1.21 bits per heavy atom. The molecule has 0 aliphatic rings. The second-order valence-corrected chi connectivity index (χ2v) is 10.3. The summed E-state index contributed by atoms with van der Waals surface area (Å²) in [5.41, 5.74) is 2.81. The Morgan fingerprint density at radius 3 is 2.62 bits per heavy atom. The zero-order valence-corrected chi connectivity index (χ0v) is 22.6. The van der Waals surface area contributed by atoms with Crippen molar-refractivity contribution < 1.29 is 19.2 Å². The number of hydrogen-bond donors (Lipinski definition) is 3. The topological polar surface area (TPSA) is 163 Å². The molecule has 0 aliphatic heterocycles. The molecule has 12 nitrogen and oxygen atoms in total. The number of halogens is 1. The van der Waals surface area contributed by atoms with Crippen LogP contribution in [0.2, 0.25) is 5.02 Å². The van der Waals surface area contributed by atoms with Crippen LogP contribution in [0.1, 0.15) is 21.6 Å². The smallest absolute Gasteiger partial charge is 0.335 e. The molecule has 3 N–H and O–H groups in total. The van der Waals surface area contributed by atoms with Gasteiger partial charge in [0.25, 0.3) is 0 Å². The summed E-state index contributed by atoms with van der Waals surface area (Å²) in [6.07, 6.45) is 6.38. The van der Waals surface area contributed by atoms with Gasteiger partial charge >= 0.3 is 5.97 Å². The number of aryl methyl sites for hydroxylation is 1. The normalized spacial score (nSPS) is 12.8. The van der Waals surface area contributed by atoms with Crippen LogP contribution in [0.15, 0.2) is 66.0 Å². The monoisotopic (exact) mass is 568 g/mol. The second kappa shape index (κ2) is 12.6. The van der Waals surface area contributed by atoms with E-state index in [0.29, 0.717) is 45.6 Å². The number of carboxylic acids is 1. The van der Waals surface area contributed by atoms with Crippen molar-refractivity contribution in [3.63, 3.8) is 0 Å². The van der Waals surface area contributed by atoms with Crippen molar-refractivity contribution >= 4 is 46.4 Å². The van der Waals surface area contributed by atoms with Crippen molar-refractivity contribution in [2.45, 2.75) is 17.5 Å². The summed E-state index contributed by atoms with van der Waals surface area (Å²) in [7, 11) is 1.71. The number of amides is 1. The fourth-order valence-electron chi connectivity index (χ4n) is 3.83. The summed E-state index contributed by atoms with van der Waals surface area (Å²) < 4.78 is 15.0. The quantitative estimate of drug-likeness (QED) is 0.182. The fraction of sp³-hybridized carbons (Fsp3) is 0.200. The van der Waals surface area contributed by atoms with Crippen molar-refractivity contribution in [3.8, 4) is 5.69 Å². The average molecular weight is 569 g/mol. The summed E-state index contributed by atoms with van der Waals surface area (Å²) >= 11 is 4.95. The first-order valence-corrected chi connectivity index (χ1v) is 13.6. The maximum absolute atomic E-state index is 13.0. The minimum atomic E-state index is -1.21. The Kier molecular flexibility index (Phi) is 8.96. The van der Waals surface area contributed by atoms with Crippen LogP contribution < -0.4 is 10.6 Å². The van der Waals surface area contributed by atoms with Gasteiger partial charge in [-0.2, -0.15) is 9.78 Å². The predicted octanol–water partition coefficient (Wildman–Crippen LogP) is 2.34. The molecular formula is C25H25ClN8O4S. The Balaban J connectivity index is 1.50. The number of hydrogen-bond acceptors (Lipinski definition) is 8. The molecule has 0 radical (unpaired) electrons. The highest BCUT2D eigenvalue weighted by molar-refractivity contribution is 7.90. The van der Waals surface area contributed by atoms with Crippen LogP contribution in [0.5, 0.6) is 0 Å². The summed E-state index contributed by atoms with van der Waals surface area (Å²) in [6.45, 7) is 0.320. The van der Waals surface area contributed by atoms with Crippen molar-refractivity contribution in [2.75, 3.05) is 18.1 Å². The van der Waals surface area contributed by atoms with Gasteiger partial charge in [0.15, 0.2) is 0 Å². The number of aromatic nitrogens is 6. The zero-order valence-electron chi connectivity index (χ0n) is 21.0. The number of carboxylic acid groups (broad SMARTS) is 1. The maximum atomic E-state index is 13.0. The molecule has 0 fully saturated rings. The molecule has 0 spiro atoms. The maximum Gasteiger partial charge on any atom is 0.335 e. The molecule has 14 heteroatoms. The minimum absolute atomic E-state index is 0.172. The number of tetrazole rings is 1. The predicted molar refractivity (Wildman–Crippen MR) is 146 cm³/mol. The Bertz CT molecular complexity index is 1470. The number of rotatable bonds is 11. The number of nitrogens with zero attached hydrogens (tertiary/aromatic N) is 6. The third-order valence-electron chi connectivity index (χ3n) is 5.67. The Hall–Kier alpha value is -4.20. The van der Waals surface area contributed by atoms with Crippen LogP contribution in [0.3, 0.4) is 0 Å². The molecule has 202 valence electrons. The number of nitrogens with one attached hydrogen (secondary N) is 2. The van der Waals surface area contributed by atoms with E-state index in [1.54, 1.807) is 60.5 Å². The van der Waals surface area contributed by atoms with E-state index in [0.717, 1.165) is 0 Å². The minimum Gasteiger partial charge on any atom is -0.610 e. The summed E-state index contributed by atoms with van der Waals surface area (Å²) in [4.78, 5) is 24.1. The molecular weight excluding hydrogens is 544 g/mol. The first-order valence-electron chi connectivity index (χ1n) is 11.6. The Morgan fingerprint density at radius 2 is 1.97 bits per heavy atom. The number of carbonyl (C=O) groups is 2. The van der Waals surface area contributed by atoms with Crippen molar-refractivity contribution in [2.24, 2.45) is 7.05 Å². The third kappa shape index (κ3) is 7.44. The molecule has 0 saturated carbocycles. The highest BCUT2D eigenvalue weighted by Gasteiger charge is 2.19. The van der Waals surface area contributed by atoms with Gasteiger partial charge < -0.3 is 20.3 Å². The van der Waals surface area contributed by atoms with Gasteiger partial charge in [-0.3, -0.25) is 4.79 Å². The summed E-state index contributed by atoms with van der Waals surface area (Å²) in [6, 6.07) is 12.8. The van der Waals surface area contributed by atoms with Gasteiger partial charge in [-0.15, -0.1) is 5.10 Å². The summed E-state index contributed by atoms with van der Waals surface area (Å²) in [5.74, 6) is -1.37. The number of aromatic carboxylic acids is 1. The van der Waals surface area contributed by atoms with E-state index in [2.05, 4.69) is 31.3 Å². The third-order valence-corrected chi connectivity index (χ3v) is 6.87. The van der Waals surface area contributed by atoms with Gasteiger partial charge in [0.1, 0.15) is 12.6 Å². The van der Waals surface area contributed by atoms with Crippen LogP contribution in [0.4, 0.5) is 5.69 Å². The molecule has 2 heterocycles. The highest BCUT2D eigenvalue weighted by Crippen LogP contribution is 2.20. The molecule has 4 aromatic rings. The van der Waals surface area contributed by atoms with E-state index >= 15 is 0 Å². The van der Waals surface area contributed by atoms with E-state index in [4.69, 9.17) is 16.7 Å². The lowest BCUT2D eigenvalue weighted by molar-refractivity contribution is -0.117.